The number of benzene rings is 2. The minimum absolute atomic E-state index is 0.150. The van der Waals surface area contributed by atoms with E-state index in [-0.39, 0.29) is 5.78 Å². The second kappa shape index (κ2) is 5.80. The average molecular weight is 331 g/mol. The van der Waals surface area contributed by atoms with Crippen molar-refractivity contribution in [3.63, 3.8) is 0 Å². The fourth-order valence-corrected chi connectivity index (χ4v) is 2.91. The van der Waals surface area contributed by atoms with Crippen LogP contribution in [0.4, 0.5) is 0 Å². The molecule has 0 saturated heterocycles. The summed E-state index contributed by atoms with van der Waals surface area (Å²) >= 11 is 3.43. The van der Waals surface area contributed by atoms with Crippen LogP contribution < -0.4 is 4.74 Å². The minimum Gasteiger partial charge on any atom is -0.493 e. The average Bonchev–Trinajstić information content (AvgIpc) is 2.47. The molecule has 0 aromatic heterocycles. The Balaban J connectivity index is 1.80. The molecular weight excluding hydrogens is 316 g/mol. The fraction of sp³-hybridized carbons (Fsp3) is 0.235. The van der Waals surface area contributed by atoms with Gasteiger partial charge in [0.25, 0.3) is 0 Å². The number of hydrogen-bond donors (Lipinski definition) is 0. The van der Waals surface area contributed by atoms with Crippen LogP contribution in [0.5, 0.6) is 5.75 Å². The Bertz CT molecular complexity index is 649. The van der Waals surface area contributed by atoms with Gasteiger partial charge in [0.1, 0.15) is 5.75 Å². The minimum atomic E-state index is 0.150. The number of carbonyl (C=O) groups excluding carboxylic acids is 1. The summed E-state index contributed by atoms with van der Waals surface area (Å²) in [6, 6.07) is 13.6. The van der Waals surface area contributed by atoms with Crippen molar-refractivity contribution < 1.29 is 9.53 Å². The second-order valence-electron chi connectivity index (χ2n) is 5.00. The van der Waals surface area contributed by atoms with E-state index >= 15 is 0 Å². The molecule has 0 fully saturated rings. The molecule has 1 aliphatic heterocycles. The summed E-state index contributed by atoms with van der Waals surface area (Å²) < 4.78 is 6.58. The maximum absolute atomic E-state index is 12.4. The zero-order chi connectivity index (χ0) is 13.9. The van der Waals surface area contributed by atoms with Gasteiger partial charge in [0, 0.05) is 16.5 Å². The Morgan fingerprint density at radius 3 is 2.95 bits per heavy atom. The van der Waals surface area contributed by atoms with E-state index in [1.807, 2.05) is 42.5 Å². The van der Waals surface area contributed by atoms with Crippen LogP contribution in [0.2, 0.25) is 0 Å². The van der Waals surface area contributed by atoms with Gasteiger partial charge in [-0.05, 0) is 54.3 Å². The topological polar surface area (TPSA) is 26.3 Å². The molecule has 0 radical (unpaired) electrons. The number of ketones is 1. The summed E-state index contributed by atoms with van der Waals surface area (Å²) in [6.45, 7) is 0.776. The van der Waals surface area contributed by atoms with E-state index in [4.69, 9.17) is 4.74 Å². The Morgan fingerprint density at radius 1 is 1.20 bits per heavy atom. The molecule has 3 rings (SSSR count). The highest BCUT2D eigenvalue weighted by Crippen LogP contribution is 2.26. The Kier molecular flexibility index (Phi) is 3.88. The van der Waals surface area contributed by atoms with Crippen LogP contribution in [0.3, 0.4) is 0 Å². The van der Waals surface area contributed by atoms with Gasteiger partial charge < -0.3 is 4.74 Å². The van der Waals surface area contributed by atoms with Crippen molar-refractivity contribution >= 4 is 21.7 Å². The Hall–Kier alpha value is -1.61. The van der Waals surface area contributed by atoms with Gasteiger partial charge in [0.05, 0.1) is 6.61 Å². The number of rotatable bonds is 3. The molecule has 0 aliphatic carbocycles. The first-order chi connectivity index (χ1) is 9.72. The predicted octanol–water partition coefficient (Wildman–Crippen LogP) is 4.20. The first-order valence-electron chi connectivity index (χ1n) is 6.76. The normalized spacial score (nSPS) is 13.4. The van der Waals surface area contributed by atoms with Gasteiger partial charge >= 0.3 is 0 Å². The predicted molar refractivity (Wildman–Crippen MR) is 82.4 cm³/mol. The van der Waals surface area contributed by atoms with E-state index in [0.29, 0.717) is 6.42 Å². The number of fused-ring (bicyclic) bond motifs is 1. The van der Waals surface area contributed by atoms with E-state index in [1.54, 1.807) is 0 Å². The highest BCUT2D eigenvalue weighted by atomic mass is 79.9. The Labute approximate surface area is 126 Å². The van der Waals surface area contributed by atoms with Crippen LogP contribution in [0.1, 0.15) is 27.9 Å². The van der Waals surface area contributed by atoms with Crippen molar-refractivity contribution in [3.8, 4) is 5.75 Å². The number of Topliss-reactive ketones (excluding diaryl/α,β-unsaturated/α-hetero) is 1. The lowest BCUT2D eigenvalue weighted by atomic mass is 9.98. The van der Waals surface area contributed by atoms with E-state index in [0.717, 1.165) is 46.4 Å². The van der Waals surface area contributed by atoms with Gasteiger partial charge in [0.2, 0.25) is 0 Å². The number of carbonyl (C=O) groups is 1. The number of ether oxygens (including phenoxy) is 1. The van der Waals surface area contributed by atoms with Gasteiger partial charge in [-0.25, -0.2) is 0 Å². The molecule has 0 bridgehead atoms. The Morgan fingerprint density at radius 2 is 2.10 bits per heavy atom. The first-order valence-corrected chi connectivity index (χ1v) is 7.55. The summed E-state index contributed by atoms with van der Waals surface area (Å²) in [5.41, 5.74) is 2.95. The summed E-state index contributed by atoms with van der Waals surface area (Å²) in [5.74, 6) is 1.08. The lowest BCUT2D eigenvalue weighted by Gasteiger charge is -2.17. The molecular formula is C17H15BrO2. The summed E-state index contributed by atoms with van der Waals surface area (Å²) in [6.07, 6.45) is 2.45. The second-order valence-corrected chi connectivity index (χ2v) is 5.92. The molecule has 0 amide bonds. The van der Waals surface area contributed by atoms with Crippen molar-refractivity contribution in [3.05, 3.63) is 63.6 Å². The summed E-state index contributed by atoms with van der Waals surface area (Å²) in [7, 11) is 0. The van der Waals surface area contributed by atoms with Crippen LogP contribution in [0.15, 0.2) is 46.9 Å². The van der Waals surface area contributed by atoms with Gasteiger partial charge in [-0.2, -0.15) is 0 Å². The largest absolute Gasteiger partial charge is 0.493 e. The summed E-state index contributed by atoms with van der Waals surface area (Å²) in [5, 5.41) is 0. The molecule has 0 saturated carbocycles. The number of halogens is 1. The number of hydrogen-bond acceptors (Lipinski definition) is 2. The van der Waals surface area contributed by atoms with Crippen LogP contribution in [-0.4, -0.2) is 12.4 Å². The molecule has 20 heavy (non-hydrogen) atoms. The van der Waals surface area contributed by atoms with Crippen LogP contribution in [-0.2, 0) is 12.8 Å². The van der Waals surface area contributed by atoms with Gasteiger partial charge in [-0.15, -0.1) is 0 Å². The first kappa shape index (κ1) is 13.4. The molecule has 2 nitrogen and oxygen atoms in total. The number of aryl methyl sites for hydroxylation is 1. The van der Waals surface area contributed by atoms with Crippen LogP contribution in [0.25, 0.3) is 0 Å². The van der Waals surface area contributed by atoms with E-state index in [2.05, 4.69) is 15.9 Å². The van der Waals surface area contributed by atoms with E-state index in [1.165, 1.54) is 0 Å². The van der Waals surface area contributed by atoms with Crippen molar-refractivity contribution in [2.75, 3.05) is 6.61 Å². The van der Waals surface area contributed by atoms with Crippen molar-refractivity contribution in [2.24, 2.45) is 0 Å². The van der Waals surface area contributed by atoms with Gasteiger partial charge in [-0.1, -0.05) is 28.1 Å². The monoisotopic (exact) mass is 330 g/mol. The van der Waals surface area contributed by atoms with E-state index < -0.39 is 0 Å². The highest BCUT2D eigenvalue weighted by molar-refractivity contribution is 9.10. The third-order valence-corrected chi connectivity index (χ3v) is 3.98. The fourth-order valence-electron chi connectivity index (χ4n) is 2.47. The van der Waals surface area contributed by atoms with Crippen molar-refractivity contribution in [1.29, 1.82) is 0 Å². The molecule has 102 valence electrons. The third-order valence-electron chi connectivity index (χ3n) is 3.48. The molecule has 3 heteroatoms. The molecule has 1 aliphatic rings. The standard InChI is InChI=1S/C17H15BrO2/c18-15-5-1-3-12(9-15)10-16(19)13-6-7-17-14(11-13)4-2-8-20-17/h1,3,5-7,9,11H,2,4,8,10H2. The maximum Gasteiger partial charge on any atom is 0.167 e. The molecule has 1 heterocycles. The summed E-state index contributed by atoms with van der Waals surface area (Å²) in [4.78, 5) is 12.4. The molecule has 0 unspecified atom stereocenters. The maximum atomic E-state index is 12.4. The molecule has 0 atom stereocenters. The highest BCUT2D eigenvalue weighted by Gasteiger charge is 2.14. The lowest BCUT2D eigenvalue weighted by molar-refractivity contribution is 0.0993. The van der Waals surface area contributed by atoms with Crippen LogP contribution >= 0.6 is 15.9 Å². The SMILES string of the molecule is O=C(Cc1cccc(Br)c1)c1ccc2c(c1)CCCO2. The zero-order valence-electron chi connectivity index (χ0n) is 11.1. The zero-order valence-corrected chi connectivity index (χ0v) is 12.7. The van der Waals surface area contributed by atoms with Gasteiger partial charge in [0.15, 0.2) is 5.78 Å². The smallest absolute Gasteiger partial charge is 0.167 e. The molecule has 2 aromatic rings. The lowest BCUT2D eigenvalue weighted by Crippen LogP contribution is -2.10. The quantitative estimate of drug-likeness (QED) is 0.788. The van der Waals surface area contributed by atoms with Gasteiger partial charge in [-0.3, -0.25) is 4.79 Å². The van der Waals surface area contributed by atoms with Crippen molar-refractivity contribution in [1.82, 2.24) is 0 Å². The molecule has 2 aromatic carbocycles. The van der Waals surface area contributed by atoms with Crippen LogP contribution in [0, 0.1) is 0 Å². The molecule has 0 spiro atoms. The molecule has 0 N–H and O–H groups in total. The van der Waals surface area contributed by atoms with E-state index in [9.17, 15) is 4.79 Å². The third kappa shape index (κ3) is 2.93. The van der Waals surface area contributed by atoms with Crippen molar-refractivity contribution in [2.45, 2.75) is 19.3 Å².